The lowest BCUT2D eigenvalue weighted by Gasteiger charge is -2.33. The van der Waals surface area contributed by atoms with E-state index in [1.165, 1.54) is 11.1 Å². The number of imidazole rings is 1. The lowest BCUT2D eigenvalue weighted by atomic mass is 9.98. The molecular formula is C23H28N4OS. The van der Waals surface area contributed by atoms with Crippen LogP contribution in [0.2, 0.25) is 0 Å². The fourth-order valence-corrected chi connectivity index (χ4v) is 4.15. The highest BCUT2D eigenvalue weighted by Crippen LogP contribution is 2.28. The quantitative estimate of drug-likeness (QED) is 0.585. The van der Waals surface area contributed by atoms with E-state index in [-0.39, 0.29) is 0 Å². The number of likely N-dealkylation sites (tertiary alicyclic amines) is 1. The van der Waals surface area contributed by atoms with Crippen molar-refractivity contribution < 1.29 is 4.74 Å². The predicted molar refractivity (Wildman–Crippen MR) is 123 cm³/mol. The maximum atomic E-state index is 5.69. The van der Waals surface area contributed by atoms with Crippen LogP contribution in [0.25, 0.3) is 11.0 Å². The highest BCUT2D eigenvalue weighted by Gasteiger charge is 2.25. The normalized spacial score (nSPS) is 16.8. The van der Waals surface area contributed by atoms with E-state index in [9.17, 15) is 0 Å². The maximum Gasteiger partial charge on any atom is 0.173 e. The molecule has 1 aromatic heterocycles. The summed E-state index contributed by atoms with van der Waals surface area (Å²) in [5, 5.41) is 4.13. The first-order valence-corrected chi connectivity index (χ1v) is 10.7. The molecule has 4 rings (SSSR count). The highest BCUT2D eigenvalue weighted by atomic mass is 32.1. The fraction of sp³-hybridized carbons (Fsp3) is 0.391. The number of aromatic amines is 1. The molecule has 0 bridgehead atoms. The zero-order chi connectivity index (χ0) is 20.4. The third-order valence-corrected chi connectivity index (χ3v) is 5.99. The van der Waals surface area contributed by atoms with Crippen LogP contribution in [0.15, 0.2) is 36.4 Å². The molecule has 152 valence electrons. The number of ether oxygens (including phenoxy) is 1. The van der Waals surface area contributed by atoms with Gasteiger partial charge in [-0.3, -0.25) is 0 Å². The number of aryl methyl sites for hydroxylation is 2. The number of thiocarbonyl (C=S) groups is 1. The summed E-state index contributed by atoms with van der Waals surface area (Å²) < 4.78 is 5.50. The number of H-pyrrole nitrogens is 1. The molecule has 3 aromatic rings. The van der Waals surface area contributed by atoms with Gasteiger partial charge in [0, 0.05) is 24.7 Å². The molecule has 1 aliphatic rings. The van der Waals surface area contributed by atoms with Gasteiger partial charge in [0.2, 0.25) is 0 Å². The molecule has 6 heteroatoms. The number of anilines is 1. The van der Waals surface area contributed by atoms with Crippen LogP contribution in [0.4, 0.5) is 5.69 Å². The lowest BCUT2D eigenvalue weighted by molar-refractivity contribution is 0.307. The average molecular weight is 409 g/mol. The predicted octanol–water partition coefficient (Wildman–Crippen LogP) is 5.15. The number of piperidine rings is 1. The van der Waals surface area contributed by atoms with Crippen molar-refractivity contribution in [3.8, 4) is 5.75 Å². The Balaban J connectivity index is 1.44. The van der Waals surface area contributed by atoms with Crippen molar-refractivity contribution in [2.75, 3.05) is 25.0 Å². The Morgan fingerprint density at radius 1 is 1.24 bits per heavy atom. The van der Waals surface area contributed by atoms with E-state index < -0.39 is 0 Å². The van der Waals surface area contributed by atoms with E-state index in [1.807, 2.05) is 31.2 Å². The minimum absolute atomic E-state index is 0.358. The molecule has 2 aromatic carbocycles. The summed E-state index contributed by atoms with van der Waals surface area (Å²) in [6.07, 6.45) is 2.23. The van der Waals surface area contributed by atoms with Gasteiger partial charge < -0.3 is 19.9 Å². The maximum absolute atomic E-state index is 5.69. The summed E-state index contributed by atoms with van der Waals surface area (Å²) in [5.74, 6) is 2.30. The summed E-state index contributed by atoms with van der Waals surface area (Å²) >= 11 is 5.69. The number of aromatic nitrogens is 2. The van der Waals surface area contributed by atoms with Crippen LogP contribution in [0.5, 0.6) is 5.75 Å². The first-order chi connectivity index (χ1) is 14.0. The molecule has 0 radical (unpaired) electrons. The minimum Gasteiger partial charge on any atom is -0.494 e. The lowest BCUT2D eigenvalue weighted by Crippen LogP contribution is -2.41. The van der Waals surface area contributed by atoms with E-state index in [0.717, 1.165) is 59.3 Å². The first-order valence-electron chi connectivity index (χ1n) is 10.3. The van der Waals surface area contributed by atoms with Crippen LogP contribution in [-0.2, 0) is 0 Å². The molecule has 1 aliphatic heterocycles. The second kappa shape index (κ2) is 8.41. The van der Waals surface area contributed by atoms with Crippen LogP contribution < -0.4 is 10.1 Å². The van der Waals surface area contributed by atoms with Crippen LogP contribution in [-0.4, -0.2) is 39.7 Å². The molecule has 1 atom stereocenters. The van der Waals surface area contributed by atoms with Gasteiger partial charge in [-0.05, 0) is 93.4 Å². The third-order valence-electron chi connectivity index (χ3n) is 5.63. The van der Waals surface area contributed by atoms with Crippen LogP contribution >= 0.6 is 12.2 Å². The fourth-order valence-electron chi connectivity index (χ4n) is 3.87. The largest absolute Gasteiger partial charge is 0.494 e. The monoisotopic (exact) mass is 408 g/mol. The highest BCUT2D eigenvalue weighted by molar-refractivity contribution is 7.80. The molecule has 0 spiro atoms. The molecule has 2 N–H and O–H groups in total. The van der Waals surface area contributed by atoms with Gasteiger partial charge in [0.15, 0.2) is 5.11 Å². The summed E-state index contributed by atoms with van der Waals surface area (Å²) in [6, 6.07) is 12.3. The Labute approximate surface area is 177 Å². The Morgan fingerprint density at radius 3 is 2.76 bits per heavy atom. The van der Waals surface area contributed by atoms with Crippen molar-refractivity contribution in [1.82, 2.24) is 14.9 Å². The van der Waals surface area contributed by atoms with Gasteiger partial charge in [0.1, 0.15) is 11.6 Å². The molecular weight excluding hydrogens is 380 g/mol. The second-order valence-corrected chi connectivity index (χ2v) is 8.14. The van der Waals surface area contributed by atoms with E-state index >= 15 is 0 Å². The number of nitrogens with zero attached hydrogens (tertiary/aromatic N) is 2. The standard InChI is InChI=1S/C23H28N4OS/c1-4-28-19-9-7-18(8-10-19)24-23(29)27-11-5-6-17(14-27)22-25-20-12-15(2)16(3)13-21(20)26-22/h7-10,12-13,17H,4-6,11,14H2,1-3H3,(H,24,29)(H,25,26)/t17-/m1/s1. The molecule has 1 fully saturated rings. The van der Waals surface area contributed by atoms with Gasteiger partial charge >= 0.3 is 0 Å². The zero-order valence-electron chi connectivity index (χ0n) is 17.3. The van der Waals surface area contributed by atoms with Crippen molar-refractivity contribution >= 4 is 34.1 Å². The van der Waals surface area contributed by atoms with Crippen molar-refractivity contribution in [2.45, 2.75) is 39.5 Å². The third kappa shape index (κ3) is 4.37. The number of nitrogens with one attached hydrogen (secondary N) is 2. The van der Waals surface area contributed by atoms with Gasteiger partial charge in [-0.1, -0.05) is 0 Å². The Hall–Kier alpha value is -2.60. The average Bonchev–Trinajstić information content (AvgIpc) is 3.13. The van der Waals surface area contributed by atoms with Crippen LogP contribution in [0.1, 0.15) is 42.6 Å². The summed E-state index contributed by atoms with van der Waals surface area (Å²) in [7, 11) is 0. The Morgan fingerprint density at radius 2 is 2.00 bits per heavy atom. The van der Waals surface area contributed by atoms with Crippen LogP contribution in [0.3, 0.4) is 0 Å². The van der Waals surface area contributed by atoms with Gasteiger partial charge in [-0.25, -0.2) is 4.98 Å². The molecule has 1 saturated heterocycles. The molecule has 0 unspecified atom stereocenters. The van der Waals surface area contributed by atoms with Crippen molar-refractivity contribution in [3.05, 3.63) is 53.3 Å². The number of fused-ring (bicyclic) bond motifs is 1. The van der Waals surface area contributed by atoms with E-state index in [0.29, 0.717) is 12.5 Å². The van der Waals surface area contributed by atoms with Gasteiger partial charge in [-0.15, -0.1) is 0 Å². The molecule has 2 heterocycles. The topological polar surface area (TPSA) is 53.2 Å². The van der Waals surface area contributed by atoms with Crippen molar-refractivity contribution in [1.29, 1.82) is 0 Å². The Kier molecular flexibility index (Phi) is 5.72. The summed E-state index contributed by atoms with van der Waals surface area (Å²) in [6.45, 7) is 8.78. The number of hydrogen-bond donors (Lipinski definition) is 2. The van der Waals surface area contributed by atoms with Crippen molar-refractivity contribution in [3.63, 3.8) is 0 Å². The number of rotatable bonds is 4. The smallest absolute Gasteiger partial charge is 0.173 e. The number of hydrogen-bond acceptors (Lipinski definition) is 3. The minimum atomic E-state index is 0.358. The van der Waals surface area contributed by atoms with Crippen LogP contribution in [0, 0.1) is 13.8 Å². The molecule has 29 heavy (non-hydrogen) atoms. The van der Waals surface area contributed by atoms with Gasteiger partial charge in [0.05, 0.1) is 17.6 Å². The first kappa shape index (κ1) is 19.7. The zero-order valence-corrected chi connectivity index (χ0v) is 18.1. The van der Waals surface area contributed by atoms with Crippen molar-refractivity contribution in [2.24, 2.45) is 0 Å². The summed E-state index contributed by atoms with van der Waals surface area (Å²) in [5.41, 5.74) is 5.72. The Bertz CT molecular complexity index is 973. The molecule has 5 nitrogen and oxygen atoms in total. The van der Waals surface area contributed by atoms with E-state index in [4.69, 9.17) is 21.9 Å². The second-order valence-electron chi connectivity index (χ2n) is 7.75. The summed E-state index contributed by atoms with van der Waals surface area (Å²) in [4.78, 5) is 10.7. The number of benzene rings is 2. The molecule has 0 saturated carbocycles. The van der Waals surface area contributed by atoms with E-state index in [2.05, 4.69) is 41.2 Å². The van der Waals surface area contributed by atoms with Gasteiger partial charge in [-0.2, -0.15) is 0 Å². The SMILES string of the molecule is CCOc1ccc(NC(=S)N2CCC[C@@H](c3nc4cc(C)c(C)cc4[nH]3)C2)cc1. The van der Waals surface area contributed by atoms with Gasteiger partial charge in [0.25, 0.3) is 0 Å². The molecule has 0 amide bonds. The van der Waals surface area contributed by atoms with E-state index in [1.54, 1.807) is 0 Å². The molecule has 0 aliphatic carbocycles.